The lowest BCUT2D eigenvalue weighted by atomic mass is 9.35. The molecule has 0 fully saturated rings. The van der Waals surface area contributed by atoms with Crippen molar-refractivity contribution >= 4 is 57.6 Å². The number of fused-ring (bicyclic) bond motifs is 11. The molecule has 12 aromatic rings. The molecule has 11 aromatic carbocycles. The van der Waals surface area contributed by atoms with Crippen LogP contribution in [-0.4, -0.2) is 36.7 Å². The second-order valence-corrected chi connectivity index (χ2v) is 30.0. The molecule has 5 nitrogen and oxygen atoms in total. The van der Waals surface area contributed by atoms with Crippen molar-refractivity contribution < 1.29 is 40.1 Å². The molecular formula is C81H65F4O5S3+. The maximum atomic E-state index is 14.5. The van der Waals surface area contributed by atoms with E-state index >= 15 is 0 Å². The van der Waals surface area contributed by atoms with Gasteiger partial charge in [0.05, 0.1) is 23.4 Å². The van der Waals surface area contributed by atoms with Crippen LogP contribution >= 0.6 is 10.5 Å². The molecule has 0 saturated carbocycles. The number of hydrogen-bond donors (Lipinski definition) is 0. The summed E-state index contributed by atoms with van der Waals surface area (Å²) in [5, 5.41) is -1.57. The van der Waals surface area contributed by atoms with Crippen LogP contribution in [-0.2, 0) is 41.4 Å². The average molecular weight is 1290 g/mol. The van der Waals surface area contributed by atoms with E-state index in [1.54, 1.807) is 0 Å². The molecule has 18 rings (SSSR count). The number of alkyl halides is 4. The molecule has 6 aliphatic carbocycles. The van der Waals surface area contributed by atoms with Crippen molar-refractivity contribution in [1.82, 2.24) is 0 Å². The first-order valence-corrected chi connectivity index (χ1v) is 35.2. The van der Waals surface area contributed by atoms with Crippen LogP contribution in [0.2, 0.25) is 0 Å². The molecule has 4 atom stereocenters. The molecule has 1 aromatic heterocycles. The fraction of sp³-hybridized carbons (Fsp3) is 0.173. The number of halogens is 4. The van der Waals surface area contributed by atoms with E-state index in [9.17, 15) is 35.3 Å². The summed E-state index contributed by atoms with van der Waals surface area (Å²) in [7, 11) is -5.68. The van der Waals surface area contributed by atoms with Gasteiger partial charge in [-0.2, -0.15) is 8.78 Å². The maximum absolute atomic E-state index is 14.5. The van der Waals surface area contributed by atoms with Crippen LogP contribution < -0.4 is 0 Å². The van der Waals surface area contributed by atoms with Crippen LogP contribution in [0.4, 0.5) is 17.6 Å². The van der Waals surface area contributed by atoms with E-state index in [-0.39, 0.29) is 57.6 Å². The number of rotatable bonds is 12. The zero-order chi connectivity index (χ0) is 64.1. The normalized spacial score (nSPS) is 19.7. The molecule has 93 heavy (non-hydrogen) atoms. The van der Waals surface area contributed by atoms with E-state index < -0.39 is 51.4 Å². The highest BCUT2D eigenvalue weighted by molar-refractivity contribution is 7.97. The summed E-state index contributed by atoms with van der Waals surface area (Å²) in [6.07, 6.45) is -1.15. The van der Waals surface area contributed by atoms with Gasteiger partial charge in [0.1, 0.15) is 0 Å². The number of esters is 1. The zero-order valence-corrected chi connectivity index (χ0v) is 53.3. The Bertz CT molecular complexity index is 4630. The highest BCUT2D eigenvalue weighted by Crippen LogP contribution is 2.81. The molecule has 0 aliphatic heterocycles. The smallest absolute Gasteiger partial charge is 0.334 e. The van der Waals surface area contributed by atoms with Crippen LogP contribution in [0.3, 0.4) is 0 Å². The van der Waals surface area contributed by atoms with Gasteiger partial charge in [-0.3, -0.25) is 4.79 Å². The van der Waals surface area contributed by atoms with Gasteiger partial charge in [-0.1, -0.05) is 218 Å². The van der Waals surface area contributed by atoms with Crippen molar-refractivity contribution in [3.63, 3.8) is 0 Å². The van der Waals surface area contributed by atoms with E-state index in [0.29, 0.717) is 6.42 Å². The van der Waals surface area contributed by atoms with Gasteiger partial charge in [0, 0.05) is 62.7 Å². The van der Waals surface area contributed by atoms with Gasteiger partial charge in [0.15, 0.2) is 39.1 Å². The fourth-order valence-corrected chi connectivity index (χ4v) is 20.7. The summed E-state index contributed by atoms with van der Waals surface area (Å²) < 4.78 is 95.2. The fourth-order valence-electron chi connectivity index (χ4n) is 15.8. The van der Waals surface area contributed by atoms with Crippen LogP contribution in [0.5, 0.6) is 0 Å². The Morgan fingerprint density at radius 2 is 0.903 bits per heavy atom. The summed E-state index contributed by atoms with van der Waals surface area (Å²) in [6.45, 7) is 0.706. The lowest BCUT2D eigenvalue weighted by Crippen LogP contribution is -2.64. The van der Waals surface area contributed by atoms with Crippen molar-refractivity contribution in [3.8, 4) is 4.90 Å². The predicted molar refractivity (Wildman–Crippen MR) is 364 cm³/mol. The highest BCUT2D eigenvalue weighted by Gasteiger charge is 2.78. The van der Waals surface area contributed by atoms with Crippen molar-refractivity contribution in [3.05, 3.63) is 347 Å². The average Bonchev–Trinajstić information content (AvgIpc) is 1.49. The second-order valence-electron chi connectivity index (χ2n) is 24.5. The molecule has 0 radical (unpaired) electrons. The number of hydrogen-bond acceptors (Lipinski definition) is 5. The zero-order valence-electron chi connectivity index (χ0n) is 50.8. The molecular weight excluding hydrogens is 1230 g/mol. The van der Waals surface area contributed by atoms with Crippen LogP contribution in [0, 0.1) is 5.92 Å². The second kappa shape index (κ2) is 24.9. The Balaban J connectivity index is 0.000000109. The monoisotopic (exact) mass is 1290 g/mol. The number of ether oxygens (including phenoxy) is 1. The molecule has 0 N–H and O–H groups in total. The molecule has 1 heterocycles. The van der Waals surface area contributed by atoms with E-state index in [0.717, 1.165) is 29.2 Å². The Kier molecular flexibility index (Phi) is 16.5. The number of thiophene rings is 1. The van der Waals surface area contributed by atoms with Gasteiger partial charge in [0.2, 0.25) is 5.92 Å². The largest absolute Gasteiger partial charge is 0.743 e. The molecule has 4 unspecified atom stereocenters. The minimum atomic E-state index is -5.72. The number of carbonyl (C=O) groups is 1. The van der Waals surface area contributed by atoms with Gasteiger partial charge in [-0.25, -0.2) is 17.2 Å². The molecule has 6 aliphatic rings. The van der Waals surface area contributed by atoms with Crippen LogP contribution in [0.15, 0.2) is 306 Å². The lowest BCUT2D eigenvalue weighted by molar-refractivity contribution is -0.150. The SMILES string of the molecule is CC(F)(F)CC12c3ccccc3C3c4ccccc4C31c1ccccc12.O=C(OCCCC(F)(F)S(=O)(=O)[O-])C1CC2c3ccccc3C1c1ccccc12.c1ccc(-[s+]2c3ccccc3c3ccccc32)cc1.c1ccc([S+](c2ccccc2)c2ccccc2)cc1. The standard InChI is InChI=1S/C24H18F2.C21H20F2O5S.C18H13S.C18H15S/c1-22(25,26)14-23-17-10-4-2-8-15(17)21-16-9-3-5-11-18(16)24(21,23)20-13-7-6-12-19(20)23;22-21(23,29(25,26)27)10-5-11-28-20(24)18-12-17-13-6-1-3-8-15(13)19(18)16-9-4-2-7-14(16)17;1-2-8-14(9-3-1)19-17-12-6-4-10-15(17)16-11-5-7-13-18(16)19;1-4-10-16(11-5-1)19(17-12-6-2-7-13-17)18-14-8-3-9-15-18/h2-13,21H,14H2,1H3;1-4,6-9,17-19H,5,10-12H2,(H,25,26,27);1-13H;1-15H/q;;2*+1/p-1. The molecule has 464 valence electrons. The Labute approximate surface area is 545 Å². The van der Waals surface area contributed by atoms with Gasteiger partial charge < -0.3 is 9.29 Å². The Morgan fingerprint density at radius 3 is 1.40 bits per heavy atom. The molecule has 1 spiro atoms. The van der Waals surface area contributed by atoms with Crippen molar-refractivity contribution in [2.24, 2.45) is 5.92 Å². The third-order valence-electron chi connectivity index (χ3n) is 19.2. The first kappa shape index (κ1) is 61.6. The third kappa shape index (κ3) is 10.7. The first-order chi connectivity index (χ1) is 45.1. The molecule has 12 heteroatoms. The van der Waals surface area contributed by atoms with Crippen LogP contribution in [0.1, 0.15) is 106 Å². The summed E-state index contributed by atoms with van der Waals surface area (Å²) >= 11 is 0. The van der Waals surface area contributed by atoms with E-state index in [2.05, 4.69) is 224 Å². The summed E-state index contributed by atoms with van der Waals surface area (Å²) in [5.74, 6) is -3.56. The Hall–Kier alpha value is -8.91. The molecule has 2 bridgehead atoms. The number of benzene rings is 11. The predicted octanol–water partition coefficient (Wildman–Crippen LogP) is 20.0. The third-order valence-corrected chi connectivity index (χ3v) is 24.7. The minimum absolute atomic E-state index is 0.0146. The minimum Gasteiger partial charge on any atom is -0.743 e. The lowest BCUT2D eigenvalue weighted by Gasteiger charge is -2.65. The maximum Gasteiger partial charge on any atom is 0.334 e. The van der Waals surface area contributed by atoms with E-state index in [1.165, 1.54) is 73.1 Å². The highest BCUT2D eigenvalue weighted by atomic mass is 32.2. The summed E-state index contributed by atoms with van der Waals surface area (Å²) in [6, 6.07) is 101. The summed E-state index contributed by atoms with van der Waals surface area (Å²) in [4.78, 5) is 18.2. The van der Waals surface area contributed by atoms with E-state index in [1.807, 2.05) is 66.7 Å². The van der Waals surface area contributed by atoms with Gasteiger partial charge in [-0.15, -0.1) is 0 Å². The van der Waals surface area contributed by atoms with Crippen molar-refractivity contribution in [2.45, 2.75) is 87.1 Å². The Morgan fingerprint density at radius 1 is 0.505 bits per heavy atom. The van der Waals surface area contributed by atoms with Gasteiger partial charge in [0.25, 0.3) is 0 Å². The number of carbonyl (C=O) groups excluding carboxylic acids is 1. The van der Waals surface area contributed by atoms with Crippen molar-refractivity contribution in [1.29, 1.82) is 0 Å². The van der Waals surface area contributed by atoms with Gasteiger partial charge in [-0.05, 0) is 148 Å². The topological polar surface area (TPSA) is 83.5 Å². The first-order valence-electron chi connectivity index (χ1n) is 31.3. The summed E-state index contributed by atoms with van der Waals surface area (Å²) in [5.41, 5.74) is 10.8. The van der Waals surface area contributed by atoms with E-state index in [4.69, 9.17) is 4.74 Å². The quantitative estimate of drug-likeness (QED) is 0.0400. The van der Waals surface area contributed by atoms with Crippen molar-refractivity contribution in [2.75, 3.05) is 6.61 Å². The molecule has 0 saturated heterocycles. The molecule has 0 amide bonds. The van der Waals surface area contributed by atoms with Crippen LogP contribution in [0.25, 0.3) is 25.1 Å². The van der Waals surface area contributed by atoms with Gasteiger partial charge >= 0.3 is 11.2 Å².